The number of carboxylic acid groups (broad SMARTS) is 1. The SMILES string of the molecule is COCCn1c(-c2cc(C)ccc2C)cc(C(=O)O)c1C. The fraction of sp³-hybridized carbons (Fsp3) is 0.353. The van der Waals surface area contributed by atoms with Crippen LogP contribution in [0.3, 0.4) is 0 Å². The molecule has 2 rings (SSSR count). The van der Waals surface area contributed by atoms with Crippen LogP contribution < -0.4 is 0 Å². The molecule has 0 bridgehead atoms. The zero-order valence-electron chi connectivity index (χ0n) is 12.9. The average Bonchev–Trinajstić information content (AvgIpc) is 2.76. The molecule has 0 fully saturated rings. The molecule has 0 unspecified atom stereocenters. The Morgan fingerprint density at radius 1 is 1.24 bits per heavy atom. The zero-order chi connectivity index (χ0) is 15.6. The van der Waals surface area contributed by atoms with Gasteiger partial charge < -0.3 is 14.4 Å². The van der Waals surface area contributed by atoms with Crippen LogP contribution in [-0.2, 0) is 11.3 Å². The highest BCUT2D eigenvalue weighted by Crippen LogP contribution is 2.29. The van der Waals surface area contributed by atoms with E-state index in [2.05, 4.69) is 18.2 Å². The predicted molar refractivity (Wildman–Crippen MR) is 82.9 cm³/mol. The normalized spacial score (nSPS) is 10.9. The zero-order valence-corrected chi connectivity index (χ0v) is 12.9. The number of hydrogen-bond donors (Lipinski definition) is 1. The van der Waals surface area contributed by atoms with E-state index in [0.717, 1.165) is 28.1 Å². The van der Waals surface area contributed by atoms with Crippen LogP contribution in [0.4, 0.5) is 0 Å². The maximum absolute atomic E-state index is 11.4. The molecule has 4 nitrogen and oxygen atoms in total. The fourth-order valence-corrected chi connectivity index (χ4v) is 2.57. The van der Waals surface area contributed by atoms with Gasteiger partial charge in [0.05, 0.1) is 12.2 Å². The number of ether oxygens (including phenoxy) is 1. The first-order valence-electron chi connectivity index (χ1n) is 6.95. The van der Waals surface area contributed by atoms with Gasteiger partial charge in [-0.25, -0.2) is 4.79 Å². The number of aromatic carboxylic acids is 1. The van der Waals surface area contributed by atoms with Crippen LogP contribution in [0, 0.1) is 20.8 Å². The molecule has 1 heterocycles. The van der Waals surface area contributed by atoms with E-state index in [9.17, 15) is 9.90 Å². The smallest absolute Gasteiger partial charge is 0.337 e. The Hall–Kier alpha value is -2.07. The molecule has 1 aromatic carbocycles. The molecular weight excluding hydrogens is 266 g/mol. The van der Waals surface area contributed by atoms with Crippen molar-refractivity contribution in [3.63, 3.8) is 0 Å². The molecule has 4 heteroatoms. The lowest BCUT2D eigenvalue weighted by Crippen LogP contribution is -2.09. The first-order chi connectivity index (χ1) is 9.95. The molecule has 112 valence electrons. The molecule has 1 aromatic heterocycles. The summed E-state index contributed by atoms with van der Waals surface area (Å²) in [7, 11) is 1.65. The summed E-state index contributed by atoms with van der Waals surface area (Å²) in [4.78, 5) is 11.4. The van der Waals surface area contributed by atoms with Crippen molar-refractivity contribution < 1.29 is 14.6 Å². The predicted octanol–water partition coefficient (Wildman–Crippen LogP) is 3.42. The molecule has 0 amide bonds. The third kappa shape index (κ3) is 3.00. The van der Waals surface area contributed by atoms with Gasteiger partial charge in [0.2, 0.25) is 0 Å². The second-order valence-electron chi connectivity index (χ2n) is 5.30. The summed E-state index contributed by atoms with van der Waals surface area (Å²) < 4.78 is 7.17. The summed E-state index contributed by atoms with van der Waals surface area (Å²) in [5.74, 6) is -0.893. The lowest BCUT2D eigenvalue weighted by Gasteiger charge is -2.13. The van der Waals surface area contributed by atoms with Gasteiger partial charge in [-0.3, -0.25) is 0 Å². The van der Waals surface area contributed by atoms with Crippen molar-refractivity contribution in [2.75, 3.05) is 13.7 Å². The number of nitrogens with zero attached hydrogens (tertiary/aromatic N) is 1. The quantitative estimate of drug-likeness (QED) is 0.916. The Labute approximate surface area is 125 Å². The average molecular weight is 287 g/mol. The standard InChI is InChI=1S/C17H21NO3/c1-11-5-6-12(2)14(9-11)16-10-15(17(19)20)13(3)18(16)7-8-21-4/h5-6,9-10H,7-8H2,1-4H3,(H,19,20). The van der Waals surface area contributed by atoms with Gasteiger partial charge in [-0.05, 0) is 38.5 Å². The number of methoxy groups -OCH3 is 1. The number of aromatic nitrogens is 1. The minimum absolute atomic E-state index is 0.349. The molecule has 0 radical (unpaired) electrons. The monoisotopic (exact) mass is 287 g/mol. The van der Waals surface area contributed by atoms with Gasteiger partial charge in [-0.1, -0.05) is 17.7 Å². The van der Waals surface area contributed by atoms with E-state index in [1.54, 1.807) is 13.2 Å². The lowest BCUT2D eigenvalue weighted by atomic mass is 10.0. The summed E-state index contributed by atoms with van der Waals surface area (Å²) in [6, 6.07) is 7.98. The molecule has 0 saturated carbocycles. The topological polar surface area (TPSA) is 51.5 Å². The van der Waals surface area contributed by atoms with E-state index < -0.39 is 5.97 Å². The van der Waals surface area contributed by atoms with E-state index >= 15 is 0 Å². The van der Waals surface area contributed by atoms with Gasteiger partial charge >= 0.3 is 5.97 Å². The van der Waals surface area contributed by atoms with Crippen molar-refractivity contribution in [3.05, 3.63) is 46.6 Å². The van der Waals surface area contributed by atoms with Crippen molar-refractivity contribution in [2.24, 2.45) is 0 Å². The van der Waals surface area contributed by atoms with Gasteiger partial charge in [0.25, 0.3) is 0 Å². The first kappa shape index (κ1) is 15.3. The van der Waals surface area contributed by atoms with Gasteiger partial charge in [-0.2, -0.15) is 0 Å². The minimum atomic E-state index is -0.893. The highest BCUT2D eigenvalue weighted by molar-refractivity contribution is 5.91. The molecule has 21 heavy (non-hydrogen) atoms. The van der Waals surface area contributed by atoms with Crippen LogP contribution in [0.25, 0.3) is 11.3 Å². The summed E-state index contributed by atoms with van der Waals surface area (Å²) in [5, 5.41) is 9.36. The Balaban J connectivity index is 2.63. The maximum Gasteiger partial charge on any atom is 0.337 e. The van der Waals surface area contributed by atoms with Crippen LogP contribution in [0.15, 0.2) is 24.3 Å². The van der Waals surface area contributed by atoms with Gasteiger partial charge in [0.1, 0.15) is 0 Å². The van der Waals surface area contributed by atoms with Gasteiger partial charge in [-0.15, -0.1) is 0 Å². The first-order valence-corrected chi connectivity index (χ1v) is 6.95. The molecule has 1 N–H and O–H groups in total. The second-order valence-corrected chi connectivity index (χ2v) is 5.30. The Bertz CT molecular complexity index is 671. The van der Waals surface area contributed by atoms with Crippen LogP contribution in [0.2, 0.25) is 0 Å². The summed E-state index contributed by atoms with van der Waals surface area (Å²) in [6.07, 6.45) is 0. The Morgan fingerprint density at radius 2 is 1.95 bits per heavy atom. The fourth-order valence-electron chi connectivity index (χ4n) is 2.57. The van der Waals surface area contributed by atoms with Crippen LogP contribution in [-0.4, -0.2) is 29.4 Å². The largest absolute Gasteiger partial charge is 0.478 e. The molecule has 0 aliphatic heterocycles. The number of aryl methyl sites for hydroxylation is 2. The van der Waals surface area contributed by atoms with E-state index in [-0.39, 0.29) is 0 Å². The Kier molecular flexibility index (Phi) is 4.48. The number of benzene rings is 1. The molecule has 2 aromatic rings. The third-order valence-electron chi connectivity index (χ3n) is 3.78. The summed E-state index contributed by atoms with van der Waals surface area (Å²) in [5.41, 5.74) is 5.40. The molecule has 0 saturated heterocycles. The van der Waals surface area contributed by atoms with Crippen molar-refractivity contribution in [1.82, 2.24) is 4.57 Å². The number of rotatable bonds is 5. The van der Waals surface area contributed by atoms with E-state index in [1.165, 1.54) is 0 Å². The van der Waals surface area contributed by atoms with E-state index in [1.807, 2.05) is 25.3 Å². The van der Waals surface area contributed by atoms with Crippen LogP contribution in [0.5, 0.6) is 0 Å². The molecule has 0 spiro atoms. The molecule has 0 atom stereocenters. The molecule has 0 aliphatic carbocycles. The van der Waals surface area contributed by atoms with E-state index in [4.69, 9.17) is 4.74 Å². The van der Waals surface area contributed by atoms with Crippen LogP contribution >= 0.6 is 0 Å². The van der Waals surface area contributed by atoms with Crippen molar-refractivity contribution in [3.8, 4) is 11.3 Å². The third-order valence-corrected chi connectivity index (χ3v) is 3.78. The highest BCUT2D eigenvalue weighted by Gasteiger charge is 2.18. The summed E-state index contributed by atoms with van der Waals surface area (Å²) >= 11 is 0. The lowest BCUT2D eigenvalue weighted by molar-refractivity contribution is 0.0696. The highest BCUT2D eigenvalue weighted by atomic mass is 16.5. The molecular formula is C17H21NO3. The van der Waals surface area contributed by atoms with Crippen molar-refractivity contribution >= 4 is 5.97 Å². The van der Waals surface area contributed by atoms with Gasteiger partial charge in [0.15, 0.2) is 0 Å². The number of carbonyl (C=O) groups is 1. The minimum Gasteiger partial charge on any atom is -0.478 e. The van der Waals surface area contributed by atoms with Gasteiger partial charge in [0, 0.05) is 30.6 Å². The Morgan fingerprint density at radius 3 is 2.57 bits per heavy atom. The van der Waals surface area contributed by atoms with Crippen LogP contribution in [0.1, 0.15) is 27.2 Å². The summed E-state index contributed by atoms with van der Waals surface area (Å²) in [6.45, 7) is 7.10. The number of carboxylic acids is 1. The second kappa shape index (κ2) is 6.14. The maximum atomic E-state index is 11.4. The van der Waals surface area contributed by atoms with Crippen molar-refractivity contribution in [2.45, 2.75) is 27.3 Å². The van der Waals surface area contributed by atoms with Crippen molar-refractivity contribution in [1.29, 1.82) is 0 Å². The number of hydrogen-bond acceptors (Lipinski definition) is 2. The van der Waals surface area contributed by atoms with E-state index in [0.29, 0.717) is 18.7 Å². The molecule has 0 aliphatic rings.